The van der Waals surface area contributed by atoms with E-state index in [0.29, 0.717) is 31.0 Å². The van der Waals surface area contributed by atoms with Gasteiger partial charge in [0, 0.05) is 46.3 Å². The second-order valence-corrected chi connectivity index (χ2v) is 6.82. The molecule has 0 radical (unpaired) electrons. The van der Waals surface area contributed by atoms with Crippen LogP contribution in [0.2, 0.25) is 0 Å². The SMILES string of the molecule is CNC(=O)N(CCOc1ccc(C#N)cc1)CCN1CC2CNCC(C1)O2.Cl. The third-order valence-corrected chi connectivity index (χ3v) is 4.85. The lowest BCUT2D eigenvalue weighted by atomic mass is 10.1. The van der Waals surface area contributed by atoms with Crippen molar-refractivity contribution in [2.45, 2.75) is 12.2 Å². The van der Waals surface area contributed by atoms with Crippen molar-refractivity contribution in [2.24, 2.45) is 0 Å². The molecular weight excluding hydrogens is 382 g/mol. The van der Waals surface area contributed by atoms with Crippen molar-refractivity contribution in [2.75, 3.05) is 59.5 Å². The van der Waals surface area contributed by atoms with Gasteiger partial charge in [-0.3, -0.25) is 4.90 Å². The van der Waals surface area contributed by atoms with Crippen LogP contribution in [0.25, 0.3) is 0 Å². The van der Waals surface area contributed by atoms with E-state index in [9.17, 15) is 4.79 Å². The van der Waals surface area contributed by atoms with Gasteiger partial charge in [-0.15, -0.1) is 12.4 Å². The van der Waals surface area contributed by atoms with Gasteiger partial charge in [0.05, 0.1) is 30.4 Å². The van der Waals surface area contributed by atoms with Gasteiger partial charge in [-0.05, 0) is 24.3 Å². The normalized spacial score (nSPS) is 21.1. The molecule has 0 aliphatic carbocycles. The van der Waals surface area contributed by atoms with Crippen LogP contribution < -0.4 is 15.4 Å². The number of nitrogens with zero attached hydrogens (tertiary/aromatic N) is 3. The number of halogens is 1. The Bertz CT molecular complexity index is 655. The highest BCUT2D eigenvalue weighted by molar-refractivity contribution is 5.85. The van der Waals surface area contributed by atoms with E-state index in [1.54, 1.807) is 36.2 Å². The largest absolute Gasteiger partial charge is 0.492 e. The third kappa shape index (κ3) is 6.24. The monoisotopic (exact) mass is 409 g/mol. The van der Waals surface area contributed by atoms with Gasteiger partial charge in [0.25, 0.3) is 0 Å². The number of nitriles is 1. The molecule has 3 rings (SSSR count). The number of morpholine rings is 2. The van der Waals surface area contributed by atoms with Gasteiger partial charge in [-0.25, -0.2) is 4.79 Å². The summed E-state index contributed by atoms with van der Waals surface area (Å²) >= 11 is 0. The molecule has 2 heterocycles. The zero-order valence-corrected chi connectivity index (χ0v) is 16.9. The van der Waals surface area contributed by atoms with E-state index in [1.807, 2.05) is 0 Å². The van der Waals surface area contributed by atoms with Crippen LogP contribution in [0.15, 0.2) is 24.3 Å². The van der Waals surface area contributed by atoms with Crippen molar-refractivity contribution >= 4 is 18.4 Å². The van der Waals surface area contributed by atoms with E-state index in [2.05, 4.69) is 21.6 Å². The molecular formula is C19H28ClN5O3. The first-order valence-corrected chi connectivity index (χ1v) is 9.36. The van der Waals surface area contributed by atoms with E-state index < -0.39 is 0 Å². The van der Waals surface area contributed by atoms with Crippen molar-refractivity contribution in [3.05, 3.63) is 29.8 Å². The van der Waals surface area contributed by atoms with Crippen molar-refractivity contribution in [1.82, 2.24) is 20.4 Å². The standard InChI is InChI=1S/C19H27N5O3.ClH/c1-21-19(25)24(8-9-26-16-4-2-15(10-20)3-5-16)7-6-23-13-17-11-22-12-18(14-23)27-17;/h2-5,17-18,22H,6-9,11-14H2,1H3,(H,21,25);1H. The Labute approximate surface area is 172 Å². The molecule has 1 aromatic carbocycles. The lowest BCUT2D eigenvalue weighted by molar-refractivity contribution is -0.103. The highest BCUT2D eigenvalue weighted by Gasteiger charge is 2.31. The quantitative estimate of drug-likeness (QED) is 0.688. The molecule has 2 saturated heterocycles. The highest BCUT2D eigenvalue weighted by atomic mass is 35.5. The number of hydrogen-bond donors (Lipinski definition) is 2. The molecule has 2 fully saturated rings. The molecule has 9 heteroatoms. The molecule has 2 aliphatic heterocycles. The average Bonchev–Trinajstić information content (AvgIpc) is 2.70. The second kappa shape index (κ2) is 11.1. The van der Waals surface area contributed by atoms with E-state index in [-0.39, 0.29) is 30.6 Å². The number of rotatable bonds is 7. The lowest BCUT2D eigenvalue weighted by Crippen LogP contribution is -2.59. The smallest absolute Gasteiger partial charge is 0.317 e. The second-order valence-electron chi connectivity index (χ2n) is 6.82. The van der Waals surface area contributed by atoms with Gasteiger partial charge in [-0.2, -0.15) is 5.26 Å². The van der Waals surface area contributed by atoms with Gasteiger partial charge in [0.2, 0.25) is 0 Å². The summed E-state index contributed by atoms with van der Waals surface area (Å²) in [4.78, 5) is 16.3. The molecule has 2 unspecified atom stereocenters. The predicted molar refractivity (Wildman–Crippen MR) is 108 cm³/mol. The molecule has 2 aliphatic rings. The number of nitrogens with one attached hydrogen (secondary N) is 2. The fourth-order valence-corrected chi connectivity index (χ4v) is 3.46. The average molecular weight is 410 g/mol. The summed E-state index contributed by atoms with van der Waals surface area (Å²) in [6.07, 6.45) is 0.483. The summed E-state index contributed by atoms with van der Waals surface area (Å²) in [6.45, 7) is 5.94. The number of urea groups is 1. The number of ether oxygens (including phenoxy) is 2. The van der Waals surface area contributed by atoms with E-state index in [4.69, 9.17) is 14.7 Å². The minimum Gasteiger partial charge on any atom is -0.492 e. The first-order chi connectivity index (χ1) is 13.2. The third-order valence-electron chi connectivity index (χ3n) is 4.85. The molecule has 0 spiro atoms. The summed E-state index contributed by atoms with van der Waals surface area (Å²) < 4.78 is 11.6. The predicted octanol–water partition coefficient (Wildman–Crippen LogP) is 0.673. The topological polar surface area (TPSA) is 89.9 Å². The fourth-order valence-electron chi connectivity index (χ4n) is 3.46. The van der Waals surface area contributed by atoms with Crippen LogP contribution in [0.5, 0.6) is 5.75 Å². The Balaban J connectivity index is 0.00000280. The number of carbonyl (C=O) groups is 1. The van der Waals surface area contributed by atoms with Gasteiger partial charge in [0.1, 0.15) is 12.4 Å². The molecule has 2 N–H and O–H groups in total. The van der Waals surface area contributed by atoms with Crippen LogP contribution in [0.1, 0.15) is 5.56 Å². The Kier molecular flexibility index (Phi) is 8.80. The van der Waals surface area contributed by atoms with Crippen molar-refractivity contribution in [1.29, 1.82) is 5.26 Å². The molecule has 28 heavy (non-hydrogen) atoms. The van der Waals surface area contributed by atoms with Crippen LogP contribution in [-0.2, 0) is 4.74 Å². The van der Waals surface area contributed by atoms with Crippen LogP contribution in [0.4, 0.5) is 4.79 Å². The number of benzene rings is 1. The minimum atomic E-state index is -0.103. The number of carbonyl (C=O) groups excluding carboxylic acids is 1. The summed E-state index contributed by atoms with van der Waals surface area (Å²) in [7, 11) is 1.64. The van der Waals surface area contributed by atoms with E-state index in [1.165, 1.54) is 0 Å². The van der Waals surface area contributed by atoms with E-state index in [0.717, 1.165) is 32.7 Å². The first kappa shape index (κ1) is 22.2. The van der Waals surface area contributed by atoms with Crippen molar-refractivity contribution in [3.8, 4) is 11.8 Å². The van der Waals surface area contributed by atoms with Crippen LogP contribution in [0.3, 0.4) is 0 Å². The van der Waals surface area contributed by atoms with E-state index >= 15 is 0 Å². The van der Waals surface area contributed by atoms with Gasteiger partial charge >= 0.3 is 6.03 Å². The molecule has 8 nitrogen and oxygen atoms in total. The molecule has 2 atom stereocenters. The molecule has 1 aromatic rings. The Morgan fingerprint density at radius 3 is 2.61 bits per heavy atom. The van der Waals surface area contributed by atoms with Gasteiger partial charge in [-0.1, -0.05) is 0 Å². The number of hydrogen-bond acceptors (Lipinski definition) is 6. The molecule has 2 amide bonds. The maximum absolute atomic E-state index is 12.2. The lowest BCUT2D eigenvalue weighted by Gasteiger charge is -2.42. The molecule has 154 valence electrons. The number of fused-ring (bicyclic) bond motifs is 2. The Hall–Kier alpha value is -2.05. The molecule has 0 saturated carbocycles. The summed E-state index contributed by atoms with van der Waals surface area (Å²) in [5.74, 6) is 0.694. The zero-order chi connectivity index (χ0) is 19.1. The maximum atomic E-state index is 12.2. The summed E-state index contributed by atoms with van der Waals surface area (Å²) in [5.41, 5.74) is 0.597. The zero-order valence-electron chi connectivity index (χ0n) is 16.1. The molecule has 2 bridgehead atoms. The highest BCUT2D eigenvalue weighted by Crippen LogP contribution is 2.14. The summed E-state index contributed by atoms with van der Waals surface area (Å²) in [5, 5.41) is 14.9. The maximum Gasteiger partial charge on any atom is 0.317 e. The first-order valence-electron chi connectivity index (χ1n) is 9.36. The molecule has 0 aromatic heterocycles. The Morgan fingerprint density at radius 1 is 1.32 bits per heavy atom. The van der Waals surface area contributed by atoms with Crippen LogP contribution in [0, 0.1) is 11.3 Å². The number of amides is 2. The van der Waals surface area contributed by atoms with Gasteiger partial charge < -0.3 is 25.0 Å². The Morgan fingerprint density at radius 2 is 2.00 bits per heavy atom. The van der Waals surface area contributed by atoms with Crippen LogP contribution in [-0.4, -0.2) is 87.5 Å². The van der Waals surface area contributed by atoms with Crippen molar-refractivity contribution < 1.29 is 14.3 Å². The van der Waals surface area contributed by atoms with Crippen LogP contribution >= 0.6 is 12.4 Å². The van der Waals surface area contributed by atoms with Crippen molar-refractivity contribution in [3.63, 3.8) is 0 Å². The summed E-state index contributed by atoms with van der Waals surface area (Å²) in [6, 6.07) is 8.95. The minimum absolute atomic E-state index is 0. The fraction of sp³-hybridized carbons (Fsp3) is 0.579. The van der Waals surface area contributed by atoms with Gasteiger partial charge in [0.15, 0.2) is 0 Å².